The lowest BCUT2D eigenvalue weighted by atomic mass is 10.0. The quantitative estimate of drug-likeness (QED) is 0.227. The standard InChI is InChI=1S/C29H27Cl2N9O5/c1-45-29(44)33-20-6-2-17(3-7-20)22-13-24(35-36-28(22)31)23(14-27(43)39-11-10-21(41)15-39)34-26(42)9-4-18-12-19(30)5-8-25(18)40-16-32-37-38-40/h2-9,12-13,16,21,23,41H,10-11,14-15H2,1H3,(H,33,44)(H,34,42)/t21?,23-/m0/s1. The number of carbonyl (C=O) groups is 3. The smallest absolute Gasteiger partial charge is 0.411 e. The Kier molecular flexibility index (Phi) is 9.97. The van der Waals surface area contributed by atoms with Crippen molar-refractivity contribution in [3.63, 3.8) is 0 Å². The normalized spacial score (nSPS) is 15.2. The fraction of sp³-hybridized carbons (Fsp3) is 0.241. The van der Waals surface area contributed by atoms with Crippen LogP contribution in [0.15, 0.2) is 60.9 Å². The van der Waals surface area contributed by atoms with Crippen molar-refractivity contribution in [2.24, 2.45) is 0 Å². The van der Waals surface area contributed by atoms with E-state index in [0.717, 1.165) is 0 Å². The second-order valence-corrected chi connectivity index (χ2v) is 10.8. The number of anilines is 1. The van der Waals surface area contributed by atoms with Crippen LogP contribution in [-0.2, 0) is 14.3 Å². The Balaban J connectivity index is 1.41. The zero-order valence-corrected chi connectivity index (χ0v) is 25.3. The molecule has 0 saturated carbocycles. The molecular weight excluding hydrogens is 625 g/mol. The molecule has 3 amide bonds. The van der Waals surface area contributed by atoms with E-state index in [-0.39, 0.29) is 29.7 Å². The summed E-state index contributed by atoms with van der Waals surface area (Å²) < 4.78 is 6.05. The van der Waals surface area contributed by atoms with Gasteiger partial charge in [0.15, 0.2) is 5.15 Å². The molecule has 45 heavy (non-hydrogen) atoms. The fourth-order valence-corrected chi connectivity index (χ4v) is 5.07. The minimum Gasteiger partial charge on any atom is -0.453 e. The molecular formula is C29H27Cl2N9O5. The fourth-order valence-electron chi connectivity index (χ4n) is 4.69. The number of benzene rings is 2. The average molecular weight is 652 g/mol. The first-order chi connectivity index (χ1) is 21.7. The number of carbonyl (C=O) groups excluding carboxylic acids is 3. The van der Waals surface area contributed by atoms with E-state index >= 15 is 0 Å². The highest BCUT2D eigenvalue weighted by Crippen LogP contribution is 2.30. The highest BCUT2D eigenvalue weighted by Gasteiger charge is 2.28. The summed E-state index contributed by atoms with van der Waals surface area (Å²) in [5, 5.41) is 35.4. The molecule has 2 aromatic carbocycles. The molecule has 2 aromatic heterocycles. The minimum absolute atomic E-state index is 0.0995. The third-order valence-electron chi connectivity index (χ3n) is 6.96. The van der Waals surface area contributed by atoms with Gasteiger partial charge in [-0.1, -0.05) is 35.3 Å². The average Bonchev–Trinajstić information content (AvgIpc) is 3.73. The summed E-state index contributed by atoms with van der Waals surface area (Å²) in [6, 6.07) is 12.6. The number of ether oxygens (including phenoxy) is 1. The van der Waals surface area contributed by atoms with Gasteiger partial charge in [0.25, 0.3) is 0 Å². The first-order valence-electron chi connectivity index (χ1n) is 13.7. The van der Waals surface area contributed by atoms with E-state index < -0.39 is 24.1 Å². The Labute approximate surface area is 267 Å². The number of halogens is 2. The molecule has 3 N–H and O–H groups in total. The number of likely N-dealkylation sites (tertiary alicyclic amines) is 1. The third-order valence-corrected chi connectivity index (χ3v) is 7.48. The van der Waals surface area contributed by atoms with Crippen molar-refractivity contribution in [2.75, 3.05) is 25.5 Å². The van der Waals surface area contributed by atoms with Gasteiger partial charge < -0.3 is 20.1 Å². The van der Waals surface area contributed by atoms with Crippen LogP contribution in [0.4, 0.5) is 10.5 Å². The van der Waals surface area contributed by atoms with Crippen molar-refractivity contribution in [3.8, 4) is 16.8 Å². The summed E-state index contributed by atoms with van der Waals surface area (Å²) >= 11 is 12.6. The molecule has 1 unspecified atom stereocenters. The Morgan fingerprint density at radius 2 is 1.93 bits per heavy atom. The molecule has 1 aliphatic rings. The molecule has 4 aromatic rings. The number of tetrazole rings is 1. The number of hydrogen-bond acceptors (Lipinski definition) is 10. The lowest BCUT2D eigenvalue weighted by Crippen LogP contribution is -2.35. The molecule has 0 spiro atoms. The van der Waals surface area contributed by atoms with Crippen molar-refractivity contribution in [2.45, 2.75) is 25.0 Å². The van der Waals surface area contributed by atoms with Gasteiger partial charge in [-0.3, -0.25) is 14.9 Å². The number of aromatic nitrogens is 6. The Hall–Kier alpha value is -4.92. The zero-order valence-electron chi connectivity index (χ0n) is 23.8. The summed E-state index contributed by atoms with van der Waals surface area (Å²) in [6.45, 7) is 0.607. The summed E-state index contributed by atoms with van der Waals surface area (Å²) in [5.74, 6) is -0.790. The molecule has 2 atom stereocenters. The Morgan fingerprint density at radius 1 is 1.13 bits per heavy atom. The van der Waals surface area contributed by atoms with Gasteiger partial charge in [0.05, 0.1) is 37.1 Å². The number of nitrogens with zero attached hydrogens (tertiary/aromatic N) is 7. The number of methoxy groups -OCH3 is 1. The molecule has 14 nitrogen and oxygen atoms in total. The monoisotopic (exact) mass is 651 g/mol. The third kappa shape index (κ3) is 7.98. The number of aliphatic hydroxyl groups is 1. The summed E-state index contributed by atoms with van der Waals surface area (Å²) in [6.07, 6.45) is 3.38. The number of amides is 3. The van der Waals surface area contributed by atoms with Crippen LogP contribution in [0.3, 0.4) is 0 Å². The minimum atomic E-state index is -0.894. The molecule has 0 bridgehead atoms. The predicted molar refractivity (Wildman–Crippen MR) is 164 cm³/mol. The van der Waals surface area contributed by atoms with E-state index in [0.29, 0.717) is 46.1 Å². The number of β-amino-alcohol motifs (C(OH)–C–C–N with tert-alkyl or cyclic N) is 1. The Bertz CT molecular complexity index is 1720. The van der Waals surface area contributed by atoms with Crippen LogP contribution < -0.4 is 10.6 Å². The van der Waals surface area contributed by atoms with E-state index in [1.54, 1.807) is 59.5 Å². The number of hydrogen-bond donors (Lipinski definition) is 3. The maximum absolute atomic E-state index is 13.2. The van der Waals surface area contributed by atoms with E-state index in [2.05, 4.69) is 41.1 Å². The van der Waals surface area contributed by atoms with Gasteiger partial charge in [-0.05, 0) is 64.9 Å². The van der Waals surface area contributed by atoms with Crippen molar-refractivity contribution in [1.29, 1.82) is 0 Å². The van der Waals surface area contributed by atoms with Gasteiger partial charge in [0, 0.05) is 41.0 Å². The van der Waals surface area contributed by atoms with Crippen LogP contribution in [0, 0.1) is 0 Å². The molecule has 0 radical (unpaired) electrons. The molecule has 0 aliphatic carbocycles. The van der Waals surface area contributed by atoms with Crippen molar-refractivity contribution in [3.05, 3.63) is 82.4 Å². The highest BCUT2D eigenvalue weighted by atomic mass is 35.5. The van der Waals surface area contributed by atoms with Crippen LogP contribution in [-0.4, -0.2) is 84.6 Å². The van der Waals surface area contributed by atoms with Crippen LogP contribution in [0.5, 0.6) is 0 Å². The Morgan fingerprint density at radius 3 is 2.62 bits per heavy atom. The number of nitrogens with one attached hydrogen (secondary N) is 2. The van der Waals surface area contributed by atoms with Gasteiger partial charge >= 0.3 is 6.09 Å². The molecule has 1 saturated heterocycles. The van der Waals surface area contributed by atoms with Gasteiger partial charge in [-0.25, -0.2) is 4.79 Å². The van der Waals surface area contributed by atoms with E-state index in [1.165, 1.54) is 24.2 Å². The van der Waals surface area contributed by atoms with Gasteiger partial charge in [0.1, 0.15) is 6.33 Å². The van der Waals surface area contributed by atoms with Crippen LogP contribution in [0.2, 0.25) is 10.2 Å². The first-order valence-corrected chi connectivity index (χ1v) is 14.4. The molecule has 1 aliphatic heterocycles. The van der Waals surface area contributed by atoms with E-state index in [1.807, 2.05) is 0 Å². The second kappa shape index (κ2) is 14.2. The molecule has 1 fully saturated rings. The van der Waals surface area contributed by atoms with Gasteiger partial charge in [0.2, 0.25) is 11.8 Å². The number of aliphatic hydroxyl groups excluding tert-OH is 1. The lowest BCUT2D eigenvalue weighted by Gasteiger charge is -2.22. The topological polar surface area (TPSA) is 177 Å². The van der Waals surface area contributed by atoms with Crippen molar-refractivity contribution < 1.29 is 24.2 Å². The van der Waals surface area contributed by atoms with Crippen molar-refractivity contribution in [1.82, 2.24) is 40.6 Å². The van der Waals surface area contributed by atoms with Crippen LogP contribution in [0.25, 0.3) is 22.9 Å². The first kappa shape index (κ1) is 31.5. The molecule has 3 heterocycles. The predicted octanol–water partition coefficient (Wildman–Crippen LogP) is 3.46. The van der Waals surface area contributed by atoms with Gasteiger partial charge in [-0.15, -0.1) is 10.2 Å². The second-order valence-electron chi connectivity index (χ2n) is 10.0. The summed E-state index contributed by atoms with van der Waals surface area (Å²) in [4.78, 5) is 39.5. The van der Waals surface area contributed by atoms with Crippen molar-refractivity contribution >= 4 is 52.9 Å². The van der Waals surface area contributed by atoms with E-state index in [4.69, 9.17) is 23.2 Å². The summed E-state index contributed by atoms with van der Waals surface area (Å²) in [5.41, 5.74) is 3.10. The zero-order chi connectivity index (χ0) is 31.9. The highest BCUT2D eigenvalue weighted by molar-refractivity contribution is 6.32. The number of rotatable bonds is 9. The maximum Gasteiger partial charge on any atom is 0.411 e. The largest absolute Gasteiger partial charge is 0.453 e. The van der Waals surface area contributed by atoms with Gasteiger partial charge in [-0.2, -0.15) is 9.78 Å². The lowest BCUT2D eigenvalue weighted by molar-refractivity contribution is -0.131. The van der Waals surface area contributed by atoms with Crippen LogP contribution >= 0.6 is 23.2 Å². The van der Waals surface area contributed by atoms with E-state index in [9.17, 15) is 19.5 Å². The molecule has 5 rings (SSSR count). The maximum atomic E-state index is 13.2. The SMILES string of the molecule is COC(=O)Nc1ccc(-c2cc([C@H](CC(=O)N3CCC(O)C3)NC(=O)C=Cc3cc(Cl)ccc3-n3cnnn3)nnc2Cl)cc1. The molecule has 16 heteroatoms. The summed E-state index contributed by atoms with van der Waals surface area (Å²) in [7, 11) is 1.26. The molecule has 232 valence electrons. The van der Waals surface area contributed by atoms with Crippen LogP contribution in [0.1, 0.15) is 30.1 Å².